The highest BCUT2D eigenvalue weighted by Gasteiger charge is 1.97. The zero-order valence-electron chi connectivity index (χ0n) is 8.55. The Balaban J connectivity index is 2.88. The van der Waals surface area contributed by atoms with Gasteiger partial charge in [-0.2, -0.15) is 10.5 Å². The molecule has 0 unspecified atom stereocenters. The van der Waals surface area contributed by atoms with Crippen LogP contribution in [0.25, 0.3) is 6.08 Å². The Kier molecular flexibility index (Phi) is 4.59. The first-order valence-electron chi connectivity index (χ1n) is 4.65. The second kappa shape index (κ2) is 6.23. The van der Waals surface area contributed by atoms with E-state index >= 15 is 0 Å². The molecule has 0 aromatic heterocycles. The Labute approximate surface area is 93.6 Å². The zero-order chi connectivity index (χ0) is 11.8. The molecule has 1 N–H and O–H groups in total. The van der Waals surface area contributed by atoms with E-state index in [0.717, 1.165) is 0 Å². The van der Waals surface area contributed by atoms with Crippen LogP contribution in [0.3, 0.4) is 0 Å². The average Bonchev–Trinajstić information content (AvgIpc) is 2.34. The van der Waals surface area contributed by atoms with E-state index in [1.807, 2.05) is 0 Å². The highest BCUT2D eigenvalue weighted by atomic mass is 16.5. The molecule has 0 radical (unpaired) electrons. The molecular weight excluding hydrogens is 204 g/mol. The molecule has 1 aromatic carbocycles. The third-order valence-electron chi connectivity index (χ3n) is 1.77. The van der Waals surface area contributed by atoms with E-state index in [1.165, 1.54) is 6.08 Å². The van der Waals surface area contributed by atoms with Crippen molar-refractivity contribution in [2.45, 2.75) is 0 Å². The van der Waals surface area contributed by atoms with Gasteiger partial charge >= 0.3 is 0 Å². The summed E-state index contributed by atoms with van der Waals surface area (Å²) in [6.45, 7) is 0.165. The van der Waals surface area contributed by atoms with Crippen molar-refractivity contribution in [3.05, 3.63) is 35.4 Å². The van der Waals surface area contributed by atoms with Gasteiger partial charge in [0.1, 0.15) is 30.1 Å². The Hall–Kier alpha value is -2.30. The first-order chi connectivity index (χ1) is 7.80. The molecule has 1 rings (SSSR count). The molecule has 0 amide bonds. The second-order valence-corrected chi connectivity index (χ2v) is 2.93. The third kappa shape index (κ3) is 3.45. The first kappa shape index (κ1) is 11.8. The minimum atomic E-state index is -0.0539. The molecule has 0 aliphatic heterocycles. The monoisotopic (exact) mass is 214 g/mol. The van der Waals surface area contributed by atoms with Crippen LogP contribution in [0.2, 0.25) is 0 Å². The van der Waals surface area contributed by atoms with Crippen LogP contribution in [0.4, 0.5) is 0 Å². The number of hydrogen-bond acceptors (Lipinski definition) is 4. The van der Waals surface area contributed by atoms with Crippen molar-refractivity contribution < 1.29 is 9.84 Å². The van der Waals surface area contributed by atoms with Crippen LogP contribution in [0.15, 0.2) is 29.8 Å². The molecule has 0 saturated carbocycles. The van der Waals surface area contributed by atoms with Gasteiger partial charge in [-0.1, -0.05) is 12.1 Å². The molecule has 0 saturated heterocycles. The van der Waals surface area contributed by atoms with Crippen LogP contribution >= 0.6 is 0 Å². The van der Waals surface area contributed by atoms with Gasteiger partial charge in [-0.25, -0.2) is 0 Å². The van der Waals surface area contributed by atoms with Crippen LogP contribution in [0.1, 0.15) is 5.56 Å². The maximum Gasteiger partial charge on any atom is 0.130 e. The van der Waals surface area contributed by atoms with E-state index in [0.29, 0.717) is 11.3 Å². The molecule has 1 aromatic rings. The molecular formula is C12H10N2O2. The van der Waals surface area contributed by atoms with Crippen molar-refractivity contribution in [3.63, 3.8) is 0 Å². The molecule has 0 atom stereocenters. The fourth-order valence-corrected chi connectivity index (χ4v) is 1.11. The Bertz CT molecular complexity index is 451. The molecule has 16 heavy (non-hydrogen) atoms. The fraction of sp³-hybridized carbons (Fsp3) is 0.167. The summed E-state index contributed by atoms with van der Waals surface area (Å²) < 4.78 is 5.20. The number of ether oxygens (including phenoxy) is 1. The molecule has 0 fully saturated rings. The number of hydrogen-bond donors (Lipinski definition) is 1. The average molecular weight is 214 g/mol. The number of nitriles is 2. The predicted octanol–water partition coefficient (Wildman–Crippen LogP) is 1.49. The van der Waals surface area contributed by atoms with Crippen LogP contribution in [0, 0.1) is 22.7 Å². The fourth-order valence-electron chi connectivity index (χ4n) is 1.11. The summed E-state index contributed by atoms with van der Waals surface area (Å²) in [6.07, 6.45) is 1.48. The molecule has 0 spiro atoms. The molecule has 80 valence electrons. The van der Waals surface area contributed by atoms with Crippen LogP contribution in [-0.2, 0) is 0 Å². The second-order valence-electron chi connectivity index (χ2n) is 2.93. The number of aliphatic hydroxyl groups excluding tert-OH is 1. The topological polar surface area (TPSA) is 77.0 Å². The van der Waals surface area contributed by atoms with Crippen LogP contribution < -0.4 is 4.74 Å². The van der Waals surface area contributed by atoms with Crippen LogP contribution in [-0.4, -0.2) is 18.3 Å². The zero-order valence-corrected chi connectivity index (χ0v) is 8.55. The standard InChI is InChI=1S/C12H10N2O2/c13-8-11(9-14)6-10-2-1-3-12(7-10)16-5-4-15/h1-3,6-7,15H,4-5H2. The predicted molar refractivity (Wildman–Crippen MR) is 58.2 cm³/mol. The SMILES string of the molecule is N#CC(C#N)=Cc1cccc(OCCO)c1. The number of aliphatic hydroxyl groups is 1. The quantitative estimate of drug-likeness (QED) is 0.770. The van der Waals surface area contributed by atoms with Gasteiger partial charge in [0.2, 0.25) is 0 Å². The summed E-state index contributed by atoms with van der Waals surface area (Å²) in [5.74, 6) is 0.595. The van der Waals surface area contributed by atoms with Gasteiger partial charge in [0.05, 0.1) is 6.61 Å². The van der Waals surface area contributed by atoms with Gasteiger partial charge in [0, 0.05) is 0 Å². The van der Waals surface area contributed by atoms with Crippen molar-refractivity contribution in [3.8, 4) is 17.9 Å². The highest BCUT2D eigenvalue weighted by Crippen LogP contribution is 2.15. The first-order valence-corrected chi connectivity index (χ1v) is 4.65. The molecule has 4 heteroatoms. The maximum atomic E-state index is 8.60. The van der Waals surface area contributed by atoms with Gasteiger partial charge in [-0.3, -0.25) is 0 Å². The van der Waals surface area contributed by atoms with Gasteiger partial charge in [-0.05, 0) is 23.8 Å². The highest BCUT2D eigenvalue weighted by molar-refractivity contribution is 5.62. The lowest BCUT2D eigenvalue weighted by Crippen LogP contribution is -2.01. The number of allylic oxidation sites excluding steroid dienone is 1. The molecule has 0 bridgehead atoms. The lowest BCUT2D eigenvalue weighted by molar-refractivity contribution is 0.201. The number of nitrogens with zero attached hydrogens (tertiary/aromatic N) is 2. The van der Waals surface area contributed by atoms with E-state index in [-0.39, 0.29) is 18.8 Å². The lowest BCUT2D eigenvalue weighted by Gasteiger charge is -2.04. The third-order valence-corrected chi connectivity index (χ3v) is 1.77. The summed E-state index contributed by atoms with van der Waals surface area (Å²) in [7, 11) is 0. The lowest BCUT2D eigenvalue weighted by atomic mass is 10.1. The Morgan fingerprint density at radius 1 is 1.38 bits per heavy atom. The smallest absolute Gasteiger partial charge is 0.130 e. The number of rotatable bonds is 4. The minimum Gasteiger partial charge on any atom is -0.491 e. The van der Waals surface area contributed by atoms with E-state index in [2.05, 4.69) is 0 Å². The van der Waals surface area contributed by atoms with Crippen molar-refractivity contribution in [2.75, 3.05) is 13.2 Å². The summed E-state index contributed by atoms with van der Waals surface area (Å²) in [6, 6.07) is 10.5. The van der Waals surface area contributed by atoms with Crippen molar-refractivity contribution in [1.29, 1.82) is 10.5 Å². The normalized spacial score (nSPS) is 8.69. The van der Waals surface area contributed by atoms with Crippen molar-refractivity contribution >= 4 is 6.08 Å². The van der Waals surface area contributed by atoms with Gasteiger partial charge < -0.3 is 9.84 Å². The van der Waals surface area contributed by atoms with E-state index in [1.54, 1.807) is 36.4 Å². The molecule has 0 aliphatic carbocycles. The summed E-state index contributed by atoms with van der Waals surface area (Å²) in [5.41, 5.74) is 0.757. The van der Waals surface area contributed by atoms with E-state index in [4.69, 9.17) is 20.4 Å². The van der Waals surface area contributed by atoms with Gasteiger partial charge in [0.25, 0.3) is 0 Å². The number of benzene rings is 1. The van der Waals surface area contributed by atoms with Gasteiger partial charge in [-0.15, -0.1) is 0 Å². The molecule has 4 nitrogen and oxygen atoms in total. The Morgan fingerprint density at radius 2 is 2.12 bits per heavy atom. The van der Waals surface area contributed by atoms with E-state index in [9.17, 15) is 0 Å². The molecule has 0 heterocycles. The maximum absolute atomic E-state index is 8.60. The summed E-state index contributed by atoms with van der Waals surface area (Å²) >= 11 is 0. The van der Waals surface area contributed by atoms with E-state index < -0.39 is 0 Å². The summed E-state index contributed by atoms with van der Waals surface area (Å²) in [5, 5.41) is 25.8. The van der Waals surface area contributed by atoms with Crippen molar-refractivity contribution in [2.24, 2.45) is 0 Å². The van der Waals surface area contributed by atoms with Gasteiger partial charge in [0.15, 0.2) is 0 Å². The minimum absolute atomic E-state index is 0.0410. The van der Waals surface area contributed by atoms with Crippen molar-refractivity contribution in [1.82, 2.24) is 0 Å². The van der Waals surface area contributed by atoms with Crippen LogP contribution in [0.5, 0.6) is 5.75 Å². The largest absolute Gasteiger partial charge is 0.491 e. The summed E-state index contributed by atoms with van der Waals surface area (Å²) in [4.78, 5) is 0. The Morgan fingerprint density at radius 3 is 2.75 bits per heavy atom. The molecule has 0 aliphatic rings.